The highest BCUT2D eigenvalue weighted by Gasteiger charge is 2.39. The molecule has 3 unspecified atom stereocenters. The number of aryl methyl sites for hydroxylation is 2. The van der Waals surface area contributed by atoms with Crippen LogP contribution in [-0.4, -0.2) is 68.7 Å². The summed E-state index contributed by atoms with van der Waals surface area (Å²) in [5.74, 6) is -1.39. The number of rotatable bonds is 9. The van der Waals surface area contributed by atoms with Crippen LogP contribution in [0.15, 0.2) is 49.2 Å². The van der Waals surface area contributed by atoms with Crippen molar-refractivity contribution < 1.29 is 19.1 Å². The zero-order chi connectivity index (χ0) is 25.8. The van der Waals surface area contributed by atoms with Gasteiger partial charge in [-0.3, -0.25) is 19.1 Å². The number of carbonyl (C=O) groups excluding carboxylic acids is 3. The molecule has 3 aromatic rings. The van der Waals surface area contributed by atoms with E-state index in [0.717, 1.165) is 16.5 Å². The fraction of sp³-hybridized carbons (Fsp3) is 0.385. The number of likely N-dealkylation sites (tertiary alicyclic amines) is 1. The van der Waals surface area contributed by atoms with Crippen LogP contribution in [0.3, 0.4) is 0 Å². The van der Waals surface area contributed by atoms with Crippen LogP contribution in [0.25, 0.3) is 10.9 Å². The molecule has 1 aromatic carbocycles. The normalized spacial score (nSPS) is 18.7. The van der Waals surface area contributed by atoms with Crippen molar-refractivity contribution in [3.05, 3.63) is 66.1 Å². The molecule has 0 bridgehead atoms. The highest BCUT2D eigenvalue weighted by Crippen LogP contribution is 2.24. The Hall–Kier alpha value is -3.92. The van der Waals surface area contributed by atoms with Gasteiger partial charge in [-0.2, -0.15) is 5.10 Å². The van der Waals surface area contributed by atoms with Gasteiger partial charge in [0.25, 0.3) is 5.91 Å². The van der Waals surface area contributed by atoms with E-state index in [1.165, 1.54) is 9.58 Å². The maximum Gasteiger partial charge on any atom is 0.272 e. The van der Waals surface area contributed by atoms with Crippen LogP contribution in [0.5, 0.6) is 0 Å². The van der Waals surface area contributed by atoms with Crippen LogP contribution in [0.2, 0.25) is 0 Å². The Morgan fingerprint density at radius 2 is 2.14 bits per heavy atom. The van der Waals surface area contributed by atoms with Gasteiger partial charge in [-0.1, -0.05) is 24.3 Å². The second kappa shape index (κ2) is 10.8. The van der Waals surface area contributed by atoms with E-state index in [4.69, 9.17) is 10.5 Å². The molecule has 1 aliphatic heterocycles. The number of carbonyl (C=O) groups is 3. The number of primary amides is 1. The van der Waals surface area contributed by atoms with Gasteiger partial charge in [-0.25, -0.2) is 0 Å². The first-order chi connectivity index (χ1) is 17.3. The number of nitrogens with zero attached hydrogens (tertiary/aromatic N) is 3. The SMILES string of the molecule is C=CCOC1CCN(C(=O)c2cc(C)nn2C)C(C(=O)NC(Cc2c[nH]c3ccccc23)C(N)=O)C1. The van der Waals surface area contributed by atoms with Crippen molar-refractivity contribution in [2.24, 2.45) is 12.8 Å². The number of para-hydroxylation sites is 1. The Bertz CT molecular complexity index is 1280. The van der Waals surface area contributed by atoms with Crippen LogP contribution in [0.4, 0.5) is 0 Å². The Morgan fingerprint density at radius 1 is 1.36 bits per heavy atom. The van der Waals surface area contributed by atoms with E-state index in [-0.39, 0.29) is 18.4 Å². The summed E-state index contributed by atoms with van der Waals surface area (Å²) in [5, 5.41) is 8.02. The van der Waals surface area contributed by atoms with Gasteiger partial charge < -0.3 is 25.7 Å². The molecule has 0 aliphatic carbocycles. The third kappa shape index (κ3) is 5.33. The van der Waals surface area contributed by atoms with Crippen molar-refractivity contribution in [3.8, 4) is 0 Å². The van der Waals surface area contributed by atoms with Crippen LogP contribution in [0.1, 0.15) is 34.6 Å². The number of hydrogen-bond acceptors (Lipinski definition) is 5. The van der Waals surface area contributed by atoms with Gasteiger partial charge in [0, 0.05) is 43.5 Å². The van der Waals surface area contributed by atoms with Crippen LogP contribution < -0.4 is 11.1 Å². The summed E-state index contributed by atoms with van der Waals surface area (Å²) < 4.78 is 7.32. The second-order valence-corrected chi connectivity index (χ2v) is 9.10. The summed E-state index contributed by atoms with van der Waals surface area (Å²) in [4.78, 5) is 44.0. The number of H-pyrrole nitrogens is 1. The minimum absolute atomic E-state index is 0.225. The molecule has 0 saturated carbocycles. The second-order valence-electron chi connectivity index (χ2n) is 9.10. The minimum Gasteiger partial charge on any atom is -0.374 e. The topological polar surface area (TPSA) is 135 Å². The predicted molar refractivity (Wildman–Crippen MR) is 135 cm³/mol. The molecule has 36 heavy (non-hydrogen) atoms. The van der Waals surface area contributed by atoms with E-state index in [1.54, 1.807) is 26.1 Å². The van der Waals surface area contributed by atoms with Crippen molar-refractivity contribution in [2.75, 3.05) is 13.2 Å². The first-order valence-corrected chi connectivity index (χ1v) is 12.0. The summed E-state index contributed by atoms with van der Waals surface area (Å²) >= 11 is 0. The molecule has 0 radical (unpaired) electrons. The Balaban J connectivity index is 1.56. The number of aromatic nitrogens is 3. The van der Waals surface area contributed by atoms with E-state index in [9.17, 15) is 14.4 Å². The van der Waals surface area contributed by atoms with Gasteiger partial charge >= 0.3 is 0 Å². The van der Waals surface area contributed by atoms with Crippen LogP contribution >= 0.6 is 0 Å². The molecule has 3 heterocycles. The number of amides is 3. The van der Waals surface area contributed by atoms with Crippen molar-refractivity contribution in [3.63, 3.8) is 0 Å². The Kier molecular flexibility index (Phi) is 7.54. The zero-order valence-electron chi connectivity index (χ0n) is 20.6. The van der Waals surface area contributed by atoms with Crippen molar-refractivity contribution in [1.29, 1.82) is 0 Å². The average Bonchev–Trinajstić information content (AvgIpc) is 3.43. The van der Waals surface area contributed by atoms with E-state index < -0.39 is 23.9 Å². The number of piperidine rings is 1. The van der Waals surface area contributed by atoms with E-state index in [1.807, 2.05) is 30.5 Å². The van der Waals surface area contributed by atoms with Gasteiger partial charge in [0.15, 0.2) is 0 Å². The largest absolute Gasteiger partial charge is 0.374 e. The summed E-state index contributed by atoms with van der Waals surface area (Å²) in [6.45, 7) is 6.15. The molecule has 4 N–H and O–H groups in total. The van der Waals surface area contributed by atoms with Crippen LogP contribution in [0, 0.1) is 6.92 Å². The van der Waals surface area contributed by atoms with Gasteiger partial charge in [0.1, 0.15) is 17.8 Å². The lowest BCUT2D eigenvalue weighted by atomic mass is 9.96. The molecular weight excluding hydrogens is 460 g/mol. The smallest absolute Gasteiger partial charge is 0.272 e. The number of aromatic amines is 1. The standard InChI is InChI=1S/C26H32N6O4/c1-4-11-36-18-9-10-32(26(35)23-12-16(2)30-31(23)3)22(14-18)25(34)29-21(24(27)33)13-17-15-28-20-8-6-5-7-19(17)20/h4-8,12,15,18,21-22,28H,1,9-11,13-14H2,2-3H3,(H2,27,33)(H,29,34). The third-order valence-electron chi connectivity index (χ3n) is 6.55. The minimum atomic E-state index is -0.943. The zero-order valence-corrected chi connectivity index (χ0v) is 20.6. The summed E-state index contributed by atoms with van der Waals surface area (Å²) in [6.07, 6.45) is 4.33. The van der Waals surface area contributed by atoms with Gasteiger partial charge in [0.2, 0.25) is 11.8 Å². The molecule has 10 nitrogen and oxygen atoms in total. The number of nitrogens with two attached hydrogens (primary N) is 1. The van der Waals surface area contributed by atoms with Gasteiger partial charge in [0.05, 0.1) is 18.4 Å². The quantitative estimate of drug-likeness (QED) is 0.390. The molecule has 10 heteroatoms. The molecule has 4 rings (SSSR count). The molecule has 190 valence electrons. The number of fused-ring (bicyclic) bond motifs is 1. The van der Waals surface area contributed by atoms with E-state index in [0.29, 0.717) is 37.4 Å². The van der Waals surface area contributed by atoms with Crippen LogP contribution in [-0.2, 0) is 27.8 Å². The highest BCUT2D eigenvalue weighted by molar-refractivity contribution is 5.97. The number of nitrogens with one attached hydrogen (secondary N) is 2. The first kappa shape index (κ1) is 25.2. The Labute approximate surface area is 209 Å². The third-order valence-corrected chi connectivity index (χ3v) is 6.55. The number of hydrogen-bond donors (Lipinski definition) is 3. The molecule has 3 amide bonds. The Morgan fingerprint density at radius 3 is 2.83 bits per heavy atom. The summed E-state index contributed by atoms with van der Waals surface area (Å²) in [6, 6.07) is 7.63. The van der Waals surface area contributed by atoms with Crippen molar-refractivity contribution >= 4 is 28.6 Å². The lowest BCUT2D eigenvalue weighted by Crippen LogP contribution is -2.58. The summed E-state index contributed by atoms with van der Waals surface area (Å²) in [7, 11) is 1.69. The maximum atomic E-state index is 13.5. The predicted octanol–water partition coefficient (Wildman–Crippen LogP) is 1.60. The fourth-order valence-corrected chi connectivity index (χ4v) is 4.75. The van der Waals surface area contributed by atoms with E-state index in [2.05, 4.69) is 22.0 Å². The highest BCUT2D eigenvalue weighted by atomic mass is 16.5. The number of ether oxygens (including phenoxy) is 1. The monoisotopic (exact) mass is 492 g/mol. The molecule has 0 spiro atoms. The lowest BCUT2D eigenvalue weighted by Gasteiger charge is -2.38. The molecule has 3 atom stereocenters. The van der Waals surface area contributed by atoms with E-state index >= 15 is 0 Å². The maximum absolute atomic E-state index is 13.5. The molecule has 2 aromatic heterocycles. The first-order valence-electron chi connectivity index (χ1n) is 12.0. The molecular formula is C26H32N6O4. The van der Waals surface area contributed by atoms with Crippen molar-refractivity contribution in [2.45, 2.75) is 44.4 Å². The fourth-order valence-electron chi connectivity index (χ4n) is 4.75. The molecule has 1 fully saturated rings. The molecule has 1 saturated heterocycles. The summed E-state index contributed by atoms with van der Waals surface area (Å²) in [5.41, 5.74) is 8.58. The van der Waals surface area contributed by atoms with Gasteiger partial charge in [-0.05, 0) is 31.0 Å². The average molecular weight is 493 g/mol. The van der Waals surface area contributed by atoms with Crippen molar-refractivity contribution in [1.82, 2.24) is 25.0 Å². The lowest BCUT2D eigenvalue weighted by molar-refractivity contribution is -0.132. The van der Waals surface area contributed by atoms with Gasteiger partial charge in [-0.15, -0.1) is 6.58 Å². The number of benzene rings is 1. The molecule has 1 aliphatic rings.